The number of hydrogen-bond acceptors (Lipinski definition) is 4. The van der Waals surface area contributed by atoms with Crippen LogP contribution in [0.5, 0.6) is 0 Å². The molecule has 0 aliphatic heterocycles. The van der Waals surface area contributed by atoms with Crippen LogP contribution in [-0.2, 0) is 14.3 Å². The lowest BCUT2D eigenvalue weighted by Gasteiger charge is -1.97. The van der Waals surface area contributed by atoms with Crippen LogP contribution in [0.2, 0.25) is 0 Å². The number of carbonyl (C=O) groups is 1. The highest BCUT2D eigenvalue weighted by atomic mass is 16.5. The van der Waals surface area contributed by atoms with Crippen molar-refractivity contribution in [3.8, 4) is 0 Å². The van der Waals surface area contributed by atoms with Gasteiger partial charge in [0.15, 0.2) is 0 Å². The van der Waals surface area contributed by atoms with Gasteiger partial charge in [-0.05, 0) is 20.8 Å². The summed E-state index contributed by atoms with van der Waals surface area (Å²) in [4.78, 5) is 9.00. The van der Waals surface area contributed by atoms with E-state index in [1.165, 1.54) is 0 Å². The summed E-state index contributed by atoms with van der Waals surface area (Å²) >= 11 is 0. The van der Waals surface area contributed by atoms with Gasteiger partial charge in [0.1, 0.15) is 0 Å². The topological polar surface area (TPSA) is 76.0 Å². The van der Waals surface area contributed by atoms with E-state index in [1.54, 1.807) is 14.0 Å². The molecule has 94 valence electrons. The van der Waals surface area contributed by atoms with Gasteiger partial charge in [-0.3, -0.25) is 4.79 Å². The van der Waals surface area contributed by atoms with Gasteiger partial charge in [-0.1, -0.05) is 0 Å². The van der Waals surface area contributed by atoms with Crippen LogP contribution >= 0.6 is 0 Å². The minimum Gasteiger partial charge on any atom is -0.481 e. The van der Waals surface area contributed by atoms with Crippen LogP contribution in [0.1, 0.15) is 27.7 Å². The molecule has 5 heteroatoms. The van der Waals surface area contributed by atoms with Crippen molar-refractivity contribution in [1.29, 1.82) is 0 Å². The summed E-state index contributed by atoms with van der Waals surface area (Å²) in [5.41, 5.74) is 0. The van der Waals surface area contributed by atoms with Gasteiger partial charge < -0.3 is 19.7 Å². The van der Waals surface area contributed by atoms with Crippen LogP contribution in [0.15, 0.2) is 0 Å². The number of carboxylic acid groups (broad SMARTS) is 1. The van der Waals surface area contributed by atoms with Gasteiger partial charge in [-0.2, -0.15) is 0 Å². The molecule has 0 rings (SSSR count). The molecule has 15 heavy (non-hydrogen) atoms. The zero-order chi connectivity index (χ0) is 12.7. The molecule has 0 bridgehead atoms. The van der Waals surface area contributed by atoms with Crippen LogP contribution in [0, 0.1) is 0 Å². The van der Waals surface area contributed by atoms with Crippen LogP contribution in [0.25, 0.3) is 0 Å². The Balaban J connectivity index is -0.000000147. The molecule has 1 unspecified atom stereocenters. The Hall–Kier alpha value is -0.650. The molecule has 0 radical (unpaired) electrons. The molecule has 0 aromatic carbocycles. The molecule has 0 amide bonds. The maximum absolute atomic E-state index is 9.00. The Bertz CT molecular complexity index is 108. The van der Waals surface area contributed by atoms with Crippen LogP contribution in [-0.4, -0.2) is 49.2 Å². The molecule has 0 fully saturated rings. The fourth-order valence-electron chi connectivity index (χ4n) is 0.445. The van der Waals surface area contributed by atoms with Gasteiger partial charge in [0.2, 0.25) is 0 Å². The van der Waals surface area contributed by atoms with Crippen LogP contribution < -0.4 is 0 Å². The van der Waals surface area contributed by atoms with Gasteiger partial charge in [0.05, 0.1) is 12.7 Å². The first-order chi connectivity index (χ1) is 6.92. The van der Waals surface area contributed by atoms with Gasteiger partial charge in [0, 0.05) is 27.2 Å². The number of rotatable bonds is 4. The number of hydrogen-bond donors (Lipinski definition) is 2. The zero-order valence-electron chi connectivity index (χ0n) is 10.3. The number of aliphatic carboxylic acids is 1. The summed E-state index contributed by atoms with van der Waals surface area (Å²) in [6.45, 7) is 8.86. The molecule has 0 aliphatic carbocycles. The molecule has 0 aliphatic rings. The first-order valence-corrected chi connectivity index (χ1v) is 4.86. The second-order valence-corrected chi connectivity index (χ2v) is 2.60. The highest BCUT2D eigenvalue weighted by Crippen LogP contribution is 1.75. The maximum atomic E-state index is 9.00. The lowest BCUT2D eigenvalue weighted by Crippen LogP contribution is -2.07. The molecule has 1 atom stereocenters. The fraction of sp³-hybridized carbons (Fsp3) is 0.900. The number of carboxylic acids is 1. The normalized spacial score (nSPS) is 10.3. The van der Waals surface area contributed by atoms with Crippen LogP contribution in [0.4, 0.5) is 0 Å². The number of aliphatic hydroxyl groups excluding tert-OH is 1. The molecule has 0 aromatic rings. The molecule has 0 heterocycles. The third-order valence-corrected chi connectivity index (χ3v) is 0.816. The predicted octanol–water partition coefficient (Wildman–Crippen LogP) is 1.15. The Labute approximate surface area is 92.0 Å². The molecular weight excluding hydrogens is 200 g/mol. The lowest BCUT2D eigenvalue weighted by molar-refractivity contribution is -0.134. The van der Waals surface area contributed by atoms with Gasteiger partial charge in [-0.15, -0.1) is 0 Å². The summed E-state index contributed by atoms with van der Waals surface area (Å²) in [5, 5.41) is 15.8. The van der Waals surface area contributed by atoms with Crippen molar-refractivity contribution in [3.05, 3.63) is 0 Å². The van der Waals surface area contributed by atoms with Crippen molar-refractivity contribution >= 4 is 5.97 Å². The fourth-order valence-corrected chi connectivity index (χ4v) is 0.445. The molecule has 0 aromatic heterocycles. The minimum absolute atomic E-state index is 0.324. The standard InChI is InChI=1S/C4H10O2.C4H10O.C2H4O2/c1-4(5)3-6-2;1-3-5-4-2;1-2(3)4/h4-5H,3H2,1-2H3;3-4H2,1-2H3;1H3,(H,3,4). The van der Waals surface area contributed by atoms with E-state index >= 15 is 0 Å². The second-order valence-electron chi connectivity index (χ2n) is 2.60. The van der Waals surface area contributed by atoms with Gasteiger partial charge >= 0.3 is 0 Å². The SMILES string of the molecule is CC(=O)O.CCOCC.COCC(C)O. The monoisotopic (exact) mass is 224 g/mol. The van der Waals surface area contributed by atoms with Gasteiger partial charge in [0.25, 0.3) is 5.97 Å². The Morgan fingerprint density at radius 1 is 1.33 bits per heavy atom. The molecule has 0 saturated heterocycles. The molecule has 0 saturated carbocycles. The Kier molecular flexibility index (Phi) is 25.2. The van der Waals surface area contributed by atoms with Crippen molar-refractivity contribution in [1.82, 2.24) is 0 Å². The van der Waals surface area contributed by atoms with E-state index in [2.05, 4.69) is 4.74 Å². The summed E-state index contributed by atoms with van der Waals surface area (Å²) in [6, 6.07) is 0. The second kappa shape index (κ2) is 19.0. The number of aliphatic hydroxyl groups is 1. The highest BCUT2D eigenvalue weighted by Gasteiger charge is 1.87. The number of ether oxygens (including phenoxy) is 2. The van der Waals surface area contributed by atoms with E-state index < -0.39 is 5.97 Å². The van der Waals surface area contributed by atoms with Crippen LogP contribution in [0.3, 0.4) is 0 Å². The van der Waals surface area contributed by atoms with E-state index in [0.29, 0.717) is 6.61 Å². The lowest BCUT2D eigenvalue weighted by atomic mass is 10.5. The zero-order valence-corrected chi connectivity index (χ0v) is 10.3. The Morgan fingerprint density at radius 3 is 1.67 bits per heavy atom. The molecule has 0 spiro atoms. The first-order valence-electron chi connectivity index (χ1n) is 4.86. The van der Waals surface area contributed by atoms with E-state index in [-0.39, 0.29) is 6.10 Å². The molecule has 5 nitrogen and oxygen atoms in total. The van der Waals surface area contributed by atoms with Gasteiger partial charge in [-0.25, -0.2) is 0 Å². The van der Waals surface area contributed by atoms with E-state index in [9.17, 15) is 0 Å². The average molecular weight is 224 g/mol. The van der Waals surface area contributed by atoms with E-state index in [4.69, 9.17) is 19.7 Å². The summed E-state index contributed by atoms with van der Waals surface area (Å²) in [7, 11) is 1.56. The summed E-state index contributed by atoms with van der Waals surface area (Å²) in [6.07, 6.45) is -0.324. The van der Waals surface area contributed by atoms with Crippen molar-refractivity contribution < 1.29 is 24.5 Å². The van der Waals surface area contributed by atoms with Crippen molar-refractivity contribution in [2.24, 2.45) is 0 Å². The van der Waals surface area contributed by atoms with Crippen molar-refractivity contribution in [2.75, 3.05) is 26.9 Å². The van der Waals surface area contributed by atoms with Crippen molar-refractivity contribution in [3.63, 3.8) is 0 Å². The molecule has 2 N–H and O–H groups in total. The van der Waals surface area contributed by atoms with Crippen molar-refractivity contribution in [2.45, 2.75) is 33.8 Å². The maximum Gasteiger partial charge on any atom is 0.300 e. The number of methoxy groups -OCH3 is 1. The highest BCUT2D eigenvalue weighted by molar-refractivity contribution is 5.62. The van der Waals surface area contributed by atoms with E-state index in [1.807, 2.05) is 13.8 Å². The first kappa shape index (κ1) is 19.9. The smallest absolute Gasteiger partial charge is 0.300 e. The van der Waals surface area contributed by atoms with E-state index in [0.717, 1.165) is 20.1 Å². The third-order valence-electron chi connectivity index (χ3n) is 0.816. The largest absolute Gasteiger partial charge is 0.481 e. The Morgan fingerprint density at radius 2 is 1.67 bits per heavy atom. The third kappa shape index (κ3) is 90.9. The predicted molar refractivity (Wildman–Crippen MR) is 59.0 cm³/mol. The average Bonchev–Trinajstić information content (AvgIpc) is 2.05. The minimum atomic E-state index is -0.833. The summed E-state index contributed by atoms with van der Waals surface area (Å²) in [5.74, 6) is -0.833. The molecular formula is C10H24O5. The quantitative estimate of drug-likeness (QED) is 0.749. The summed E-state index contributed by atoms with van der Waals surface area (Å²) < 4.78 is 9.39.